The van der Waals surface area contributed by atoms with E-state index in [1.54, 1.807) is 6.92 Å². The zero-order valence-corrected chi connectivity index (χ0v) is 18.0. The minimum atomic E-state index is -1.12. The predicted molar refractivity (Wildman–Crippen MR) is 121 cm³/mol. The van der Waals surface area contributed by atoms with E-state index in [1.807, 2.05) is 6.08 Å². The zero-order valence-electron chi connectivity index (χ0n) is 18.0. The topological polar surface area (TPSA) is 0 Å². The molecule has 0 nitrogen and oxygen atoms in total. The average Bonchev–Trinajstić information content (AvgIpc) is 2.66. The molecule has 0 rings (SSSR count). The lowest BCUT2D eigenvalue weighted by atomic mass is 10.0. The highest BCUT2D eigenvalue weighted by molar-refractivity contribution is 5.53. The van der Waals surface area contributed by atoms with Crippen LogP contribution in [0.1, 0.15) is 34.1 Å². The molecule has 0 N–H and O–H groups in total. The monoisotopic (exact) mass is 400 g/mol. The van der Waals surface area contributed by atoms with Crippen LogP contribution in [0, 0.1) is 5.92 Å². The van der Waals surface area contributed by atoms with Gasteiger partial charge in [0.25, 0.3) is 0 Å². The smallest absolute Gasteiger partial charge is 0.166 e. The summed E-state index contributed by atoms with van der Waals surface area (Å²) in [6, 6.07) is 0. The summed E-state index contributed by atoms with van der Waals surface area (Å²) in [5.41, 5.74) is 1.64. The van der Waals surface area contributed by atoms with Crippen LogP contribution in [0.4, 0.5) is 13.2 Å². The Labute approximate surface area is 173 Å². The number of rotatable bonds is 11. The normalized spacial score (nSPS) is 13.4. The molecule has 0 radical (unpaired) electrons. The van der Waals surface area contributed by atoms with Gasteiger partial charge in [-0.25, -0.2) is 13.2 Å². The molecule has 0 aliphatic heterocycles. The molecule has 0 aliphatic rings. The van der Waals surface area contributed by atoms with Crippen molar-refractivity contribution >= 4 is 0 Å². The highest BCUT2D eigenvalue weighted by Gasteiger charge is 2.12. The number of hydrogen-bond donors (Lipinski definition) is 0. The highest BCUT2D eigenvalue weighted by Crippen LogP contribution is 2.27. The molecular weight excluding hydrogens is 369 g/mol. The molecule has 0 saturated heterocycles. The molecule has 0 unspecified atom stereocenters. The van der Waals surface area contributed by atoms with E-state index >= 15 is 0 Å². The van der Waals surface area contributed by atoms with E-state index in [9.17, 15) is 13.2 Å². The van der Waals surface area contributed by atoms with Crippen molar-refractivity contribution in [2.75, 3.05) is 0 Å². The van der Waals surface area contributed by atoms with Gasteiger partial charge >= 0.3 is 0 Å². The van der Waals surface area contributed by atoms with Crippen molar-refractivity contribution in [2.24, 2.45) is 5.92 Å². The van der Waals surface area contributed by atoms with Gasteiger partial charge < -0.3 is 0 Å². The van der Waals surface area contributed by atoms with Gasteiger partial charge in [0.1, 0.15) is 5.83 Å². The SMILES string of the molecule is C=C(/C=C\C(=C)C(=C)/C(F)=C(/F)C(=C)C)C(=C)/C=C(/F)C(=C)/C(C)=C/CC(C)C. The molecule has 0 amide bonds. The third kappa shape index (κ3) is 8.82. The summed E-state index contributed by atoms with van der Waals surface area (Å²) in [6.07, 6.45) is 6.91. The Morgan fingerprint density at radius 2 is 1.28 bits per heavy atom. The maximum Gasteiger partial charge on any atom is 0.166 e. The van der Waals surface area contributed by atoms with Crippen LogP contribution in [0.25, 0.3) is 0 Å². The molecule has 0 saturated carbocycles. The van der Waals surface area contributed by atoms with Crippen molar-refractivity contribution in [1.29, 1.82) is 0 Å². The summed E-state index contributed by atoms with van der Waals surface area (Å²) in [5.74, 6) is -2.24. The van der Waals surface area contributed by atoms with Gasteiger partial charge in [0.05, 0.1) is 0 Å². The molecule has 156 valence electrons. The lowest BCUT2D eigenvalue weighted by Crippen LogP contribution is -1.91. The molecule has 0 aromatic carbocycles. The Bertz CT molecular complexity index is 852. The van der Waals surface area contributed by atoms with Crippen molar-refractivity contribution in [1.82, 2.24) is 0 Å². The van der Waals surface area contributed by atoms with Crippen LogP contribution in [-0.4, -0.2) is 0 Å². The lowest BCUT2D eigenvalue weighted by molar-refractivity contribution is 0.558. The fourth-order valence-corrected chi connectivity index (χ4v) is 1.93. The van der Waals surface area contributed by atoms with E-state index in [-0.39, 0.29) is 22.3 Å². The molecule has 0 fully saturated rings. The molecule has 0 aromatic rings. The van der Waals surface area contributed by atoms with E-state index in [2.05, 4.69) is 53.3 Å². The molecule has 0 aromatic heterocycles. The standard InChI is InChI=1S/C26H31F3/c1-16(2)11-12-19(6)22(9)24(27)15-21(8)18(5)13-14-20(7)23(10)26(29)25(28)17(3)4/h12-16H,3,5,7-11H2,1-2,4,6H3/b14-13-,19-12+,24-15+,26-25-. The second-order valence-electron chi connectivity index (χ2n) is 7.28. The van der Waals surface area contributed by atoms with E-state index in [0.29, 0.717) is 17.1 Å². The first kappa shape index (κ1) is 26.2. The lowest BCUT2D eigenvalue weighted by Gasteiger charge is -2.07. The van der Waals surface area contributed by atoms with Gasteiger partial charge in [-0.15, -0.1) is 0 Å². The summed E-state index contributed by atoms with van der Waals surface area (Å²) in [6.45, 7) is 29.2. The fourth-order valence-electron chi connectivity index (χ4n) is 1.93. The summed E-state index contributed by atoms with van der Waals surface area (Å²) in [4.78, 5) is 0. The molecule has 0 atom stereocenters. The number of hydrogen-bond acceptors (Lipinski definition) is 0. The maximum atomic E-state index is 14.4. The number of halogens is 3. The van der Waals surface area contributed by atoms with Crippen LogP contribution in [-0.2, 0) is 0 Å². The summed E-state index contributed by atoms with van der Waals surface area (Å²) in [5, 5.41) is 0. The maximum absolute atomic E-state index is 14.4. The highest BCUT2D eigenvalue weighted by atomic mass is 19.2. The minimum absolute atomic E-state index is 0.0446. The largest absolute Gasteiger partial charge is 0.206 e. The van der Waals surface area contributed by atoms with E-state index in [0.717, 1.165) is 12.0 Å². The van der Waals surface area contributed by atoms with Crippen molar-refractivity contribution in [2.45, 2.75) is 34.1 Å². The Balaban J connectivity index is 5.23. The van der Waals surface area contributed by atoms with E-state index < -0.39 is 17.5 Å². The van der Waals surface area contributed by atoms with Gasteiger partial charge in [-0.1, -0.05) is 71.5 Å². The van der Waals surface area contributed by atoms with Crippen molar-refractivity contribution in [3.63, 3.8) is 0 Å². The van der Waals surface area contributed by atoms with Crippen LogP contribution in [0.5, 0.6) is 0 Å². The third-order valence-corrected chi connectivity index (χ3v) is 4.08. The first-order valence-corrected chi connectivity index (χ1v) is 9.19. The van der Waals surface area contributed by atoms with Gasteiger partial charge in [-0.3, -0.25) is 0 Å². The number of allylic oxidation sites excluding steroid dienone is 14. The Morgan fingerprint density at radius 3 is 1.76 bits per heavy atom. The Morgan fingerprint density at radius 1 is 0.759 bits per heavy atom. The van der Waals surface area contributed by atoms with Gasteiger partial charge in [0, 0.05) is 11.1 Å². The minimum Gasteiger partial charge on any atom is -0.206 e. The third-order valence-electron chi connectivity index (χ3n) is 4.08. The summed E-state index contributed by atoms with van der Waals surface area (Å²) < 4.78 is 42.0. The van der Waals surface area contributed by atoms with Crippen LogP contribution in [0.2, 0.25) is 0 Å². The van der Waals surface area contributed by atoms with Crippen LogP contribution in [0.15, 0.2) is 120 Å². The molecule has 0 aliphatic carbocycles. The second-order valence-corrected chi connectivity index (χ2v) is 7.28. The van der Waals surface area contributed by atoms with Crippen molar-refractivity contribution in [3.05, 3.63) is 120 Å². The predicted octanol–water partition coefficient (Wildman–Crippen LogP) is 8.90. The zero-order chi connectivity index (χ0) is 22.9. The van der Waals surface area contributed by atoms with Crippen LogP contribution >= 0.6 is 0 Å². The molecule has 0 spiro atoms. The van der Waals surface area contributed by atoms with Crippen molar-refractivity contribution < 1.29 is 13.2 Å². The Kier molecular flexibility index (Phi) is 10.7. The van der Waals surface area contributed by atoms with Crippen LogP contribution < -0.4 is 0 Å². The molecule has 0 heterocycles. The summed E-state index contributed by atoms with van der Waals surface area (Å²) in [7, 11) is 0. The van der Waals surface area contributed by atoms with Gasteiger partial charge in [-0.2, -0.15) is 0 Å². The second kappa shape index (κ2) is 11.9. The molecule has 29 heavy (non-hydrogen) atoms. The first-order chi connectivity index (χ1) is 13.3. The van der Waals surface area contributed by atoms with Gasteiger partial charge in [-0.05, 0) is 60.1 Å². The van der Waals surface area contributed by atoms with E-state index in [1.165, 1.54) is 25.2 Å². The summed E-state index contributed by atoms with van der Waals surface area (Å²) >= 11 is 0. The fraction of sp³-hybridized carbons (Fsp3) is 0.231. The molecular formula is C26H31F3. The van der Waals surface area contributed by atoms with E-state index in [4.69, 9.17) is 0 Å². The van der Waals surface area contributed by atoms with Crippen molar-refractivity contribution in [3.8, 4) is 0 Å². The first-order valence-electron chi connectivity index (χ1n) is 9.19. The quantitative estimate of drug-likeness (QED) is 0.304. The average molecular weight is 401 g/mol. The van der Waals surface area contributed by atoms with Crippen LogP contribution in [0.3, 0.4) is 0 Å². The van der Waals surface area contributed by atoms with Gasteiger partial charge in [0.15, 0.2) is 11.7 Å². The van der Waals surface area contributed by atoms with Gasteiger partial charge in [0.2, 0.25) is 0 Å². The molecule has 3 heteroatoms. The molecule has 0 bridgehead atoms. The Hall–Kier alpha value is -2.81.